The van der Waals surface area contributed by atoms with Gasteiger partial charge in [0.15, 0.2) is 0 Å². The van der Waals surface area contributed by atoms with Crippen LogP contribution in [0.15, 0.2) is 17.8 Å². The quantitative estimate of drug-likeness (QED) is 0.200. The Hall–Kier alpha value is -3.31. The number of piperazine rings is 1. The van der Waals surface area contributed by atoms with Crippen molar-refractivity contribution in [3.8, 4) is 0 Å². The third kappa shape index (κ3) is 8.23. The molecule has 0 radical (unpaired) electrons. The molecule has 1 aromatic rings. The van der Waals surface area contributed by atoms with Gasteiger partial charge in [-0.1, -0.05) is 33.8 Å². The Kier molecular flexibility index (Phi) is 12.1. The first-order chi connectivity index (χ1) is 15.8. The zero-order valence-electron chi connectivity index (χ0n) is 20.1. The fourth-order valence-corrected chi connectivity index (χ4v) is 2.92. The maximum atomic E-state index is 13.8. The first-order valence-electron chi connectivity index (χ1n) is 10.7. The molecule has 0 unspecified atom stereocenters. The van der Waals surface area contributed by atoms with Gasteiger partial charge in [-0.2, -0.15) is 13.2 Å². The Bertz CT molecular complexity index is 945. The maximum Gasteiger partial charge on any atom is 0.449 e. The summed E-state index contributed by atoms with van der Waals surface area (Å²) in [7, 11) is 0. The smallest absolute Gasteiger partial charge is 0.333 e. The number of hydrogen-bond acceptors (Lipinski definition) is 5. The molecule has 12 heteroatoms. The van der Waals surface area contributed by atoms with Crippen molar-refractivity contribution in [3.63, 3.8) is 0 Å². The van der Waals surface area contributed by atoms with Gasteiger partial charge in [-0.05, 0) is 36.6 Å². The van der Waals surface area contributed by atoms with Crippen LogP contribution in [0.2, 0.25) is 0 Å². The minimum Gasteiger partial charge on any atom is -0.333 e. The van der Waals surface area contributed by atoms with E-state index in [9.17, 15) is 32.5 Å². The highest BCUT2D eigenvalue weighted by Gasteiger charge is 2.41. The molecule has 0 atom stereocenters. The Labute approximate surface area is 196 Å². The third-order valence-corrected chi connectivity index (χ3v) is 4.59. The number of carbonyl (C=O) groups is 1. The van der Waals surface area contributed by atoms with Crippen LogP contribution in [0.4, 0.5) is 17.6 Å². The number of amidine groups is 2. The van der Waals surface area contributed by atoms with Crippen molar-refractivity contribution in [1.82, 2.24) is 9.80 Å². The van der Waals surface area contributed by atoms with E-state index >= 15 is 0 Å². The van der Waals surface area contributed by atoms with Crippen molar-refractivity contribution in [2.45, 2.75) is 54.1 Å². The van der Waals surface area contributed by atoms with Gasteiger partial charge in [0.1, 0.15) is 18.1 Å². The molecule has 1 amide bonds. The average Bonchev–Trinajstić information content (AvgIpc) is 2.78. The lowest BCUT2D eigenvalue weighted by Crippen LogP contribution is -2.56. The molecule has 8 nitrogen and oxygen atoms in total. The van der Waals surface area contributed by atoms with Crippen LogP contribution in [-0.4, -0.2) is 58.1 Å². The van der Waals surface area contributed by atoms with E-state index in [-0.39, 0.29) is 12.1 Å². The van der Waals surface area contributed by atoms with Crippen LogP contribution in [0.5, 0.6) is 0 Å². The summed E-state index contributed by atoms with van der Waals surface area (Å²) in [5.41, 5.74) is 0.656. The first kappa shape index (κ1) is 30.7. The summed E-state index contributed by atoms with van der Waals surface area (Å²) >= 11 is 0. The molecule has 1 saturated heterocycles. The monoisotopic (exact) mass is 489 g/mol. The number of halogens is 4. The van der Waals surface area contributed by atoms with Gasteiger partial charge in [0.25, 0.3) is 5.70 Å². The number of nitrogens with one attached hydrogen (secondary N) is 2. The Balaban J connectivity index is 0.00000258. The summed E-state index contributed by atoms with van der Waals surface area (Å²) in [5, 5.41) is 26.2. The van der Waals surface area contributed by atoms with Gasteiger partial charge in [-0.3, -0.25) is 25.7 Å². The van der Waals surface area contributed by atoms with Crippen LogP contribution >= 0.6 is 0 Å². The summed E-state index contributed by atoms with van der Waals surface area (Å²) in [6.45, 7) is 10.0. The van der Waals surface area contributed by atoms with Crippen LogP contribution in [0.3, 0.4) is 0 Å². The zero-order chi connectivity index (χ0) is 26.8. The maximum absolute atomic E-state index is 13.8. The number of hydrogen-bond donors (Lipinski definition) is 2. The molecule has 2 N–H and O–H groups in total. The molecule has 0 aliphatic carbocycles. The number of rotatable bonds is 4. The molecule has 0 aromatic heterocycles. The SMILES string of the molecule is CC.CC.Cc1cc(C)c(/C=C(/CC(=O)N2CCN(C(=N)C(F)(F)F)C(=N)C2)[N+](=O)[O-])cc1F. The molecule has 0 spiro atoms. The fraction of sp³-hybridized carbons (Fsp3) is 0.500. The van der Waals surface area contributed by atoms with Crippen LogP contribution in [-0.2, 0) is 4.79 Å². The topological polar surface area (TPSA) is 114 Å². The Morgan fingerprint density at radius 1 is 1.15 bits per heavy atom. The predicted octanol–water partition coefficient (Wildman–Crippen LogP) is 5.16. The summed E-state index contributed by atoms with van der Waals surface area (Å²) in [4.78, 5) is 24.5. The highest BCUT2D eigenvalue weighted by molar-refractivity contribution is 6.03. The summed E-state index contributed by atoms with van der Waals surface area (Å²) < 4.78 is 51.8. The Morgan fingerprint density at radius 2 is 1.71 bits per heavy atom. The van der Waals surface area contributed by atoms with E-state index in [4.69, 9.17) is 10.8 Å². The van der Waals surface area contributed by atoms with Crippen molar-refractivity contribution >= 4 is 23.7 Å². The molecule has 0 bridgehead atoms. The minimum atomic E-state index is -4.93. The van der Waals surface area contributed by atoms with Gasteiger partial charge in [-0.15, -0.1) is 0 Å². The second kappa shape index (κ2) is 13.4. The first-order valence-corrected chi connectivity index (χ1v) is 10.7. The van der Waals surface area contributed by atoms with Gasteiger partial charge < -0.3 is 9.80 Å². The van der Waals surface area contributed by atoms with E-state index in [2.05, 4.69) is 0 Å². The second-order valence-corrected chi connectivity index (χ2v) is 6.79. The lowest BCUT2D eigenvalue weighted by molar-refractivity contribution is -0.425. The predicted molar refractivity (Wildman–Crippen MR) is 123 cm³/mol. The van der Waals surface area contributed by atoms with Gasteiger partial charge in [0, 0.05) is 19.2 Å². The summed E-state index contributed by atoms with van der Waals surface area (Å²) in [5.74, 6) is -3.63. The lowest BCUT2D eigenvalue weighted by atomic mass is 10.0. The molecular weight excluding hydrogens is 458 g/mol. The third-order valence-electron chi connectivity index (χ3n) is 4.59. The van der Waals surface area contributed by atoms with Crippen molar-refractivity contribution < 1.29 is 27.3 Å². The number of aryl methyl sites for hydroxylation is 2. The highest BCUT2D eigenvalue weighted by Crippen LogP contribution is 2.22. The fourth-order valence-electron chi connectivity index (χ4n) is 2.92. The molecule has 2 rings (SSSR count). The largest absolute Gasteiger partial charge is 0.449 e. The molecule has 1 aliphatic rings. The van der Waals surface area contributed by atoms with Crippen molar-refractivity contribution in [2.24, 2.45) is 0 Å². The second-order valence-electron chi connectivity index (χ2n) is 6.79. The van der Waals surface area contributed by atoms with Crippen LogP contribution < -0.4 is 0 Å². The molecule has 1 heterocycles. The van der Waals surface area contributed by atoms with Crippen molar-refractivity contribution in [1.29, 1.82) is 10.8 Å². The number of benzene rings is 1. The van der Waals surface area contributed by atoms with Gasteiger partial charge >= 0.3 is 6.18 Å². The van der Waals surface area contributed by atoms with Crippen molar-refractivity contribution in [2.75, 3.05) is 19.6 Å². The van der Waals surface area contributed by atoms with E-state index in [1.54, 1.807) is 13.8 Å². The van der Waals surface area contributed by atoms with E-state index < -0.39 is 59.7 Å². The average molecular weight is 490 g/mol. The van der Waals surface area contributed by atoms with Crippen molar-refractivity contribution in [3.05, 3.63) is 50.5 Å². The molecule has 1 fully saturated rings. The van der Waals surface area contributed by atoms with Gasteiger partial charge in [-0.25, -0.2) is 4.39 Å². The number of carbonyl (C=O) groups excluding carboxylic acids is 1. The minimum absolute atomic E-state index is 0.230. The molecule has 1 aliphatic heterocycles. The van der Waals surface area contributed by atoms with Gasteiger partial charge in [0.05, 0.1) is 11.5 Å². The number of amides is 1. The van der Waals surface area contributed by atoms with E-state index in [1.807, 2.05) is 27.7 Å². The lowest BCUT2D eigenvalue weighted by Gasteiger charge is -2.36. The number of nitro groups is 1. The Morgan fingerprint density at radius 3 is 2.18 bits per heavy atom. The highest BCUT2D eigenvalue weighted by atomic mass is 19.4. The zero-order valence-corrected chi connectivity index (χ0v) is 20.1. The number of alkyl halides is 3. The molecule has 34 heavy (non-hydrogen) atoms. The van der Waals surface area contributed by atoms with E-state index in [1.165, 1.54) is 6.07 Å². The molecule has 190 valence electrons. The summed E-state index contributed by atoms with van der Waals surface area (Å²) in [6, 6.07) is 2.63. The molecule has 0 saturated carbocycles. The van der Waals surface area contributed by atoms with Crippen LogP contribution in [0, 0.1) is 40.6 Å². The number of nitrogens with zero attached hydrogens (tertiary/aromatic N) is 3. The van der Waals surface area contributed by atoms with Gasteiger partial charge in [0.2, 0.25) is 11.7 Å². The molecule has 1 aromatic carbocycles. The molecular formula is C22H31F4N5O3. The van der Waals surface area contributed by atoms with E-state index in [0.29, 0.717) is 16.0 Å². The van der Waals surface area contributed by atoms with Crippen LogP contribution in [0.25, 0.3) is 6.08 Å². The standard InChI is InChI=1S/C18H19F4N5O3.2C2H6/c1-10-5-11(2)14(19)7-12(10)6-13(27(29)30)8-16(28)25-3-4-26(15(23)9-25)17(24)18(20,21)22;2*1-2/h5-7,23-24H,3-4,8-9H2,1-2H3;2*1-2H3/b13-6-,23-15?,24-17?;;. The van der Waals surface area contributed by atoms with E-state index in [0.717, 1.165) is 17.0 Å². The normalized spacial score (nSPS) is 13.9. The van der Waals surface area contributed by atoms with Crippen LogP contribution in [0.1, 0.15) is 50.8 Å². The summed E-state index contributed by atoms with van der Waals surface area (Å²) in [6.07, 6.45) is -4.52.